The van der Waals surface area contributed by atoms with Crippen LogP contribution in [0, 0.1) is 0 Å². The summed E-state index contributed by atoms with van der Waals surface area (Å²) in [7, 11) is 0. The molecule has 0 aliphatic heterocycles. The van der Waals surface area contributed by atoms with Crippen molar-refractivity contribution in [1.82, 2.24) is 4.90 Å². The van der Waals surface area contributed by atoms with Gasteiger partial charge in [0, 0.05) is 22.9 Å². The Kier molecular flexibility index (Phi) is 5.60. The molecule has 0 spiro atoms. The molecule has 2 rings (SSSR count). The van der Waals surface area contributed by atoms with Gasteiger partial charge in [-0.3, -0.25) is 4.79 Å². The highest BCUT2D eigenvalue weighted by Gasteiger charge is 2.19. The van der Waals surface area contributed by atoms with E-state index in [0.717, 1.165) is 20.2 Å². The second-order valence-electron chi connectivity index (χ2n) is 4.00. The summed E-state index contributed by atoms with van der Waals surface area (Å²) in [6.45, 7) is 1.33. The fourth-order valence-corrected chi connectivity index (χ4v) is 3.68. The lowest BCUT2D eigenvalue weighted by Gasteiger charge is -2.21. The van der Waals surface area contributed by atoms with Crippen LogP contribution in [0.2, 0.25) is 0 Å². The summed E-state index contributed by atoms with van der Waals surface area (Å²) in [6, 6.07) is 12.0. The highest BCUT2D eigenvalue weighted by atomic mass is 79.9. The first-order valence-electron chi connectivity index (χ1n) is 5.84. The second kappa shape index (κ2) is 7.22. The molecule has 1 heterocycles. The van der Waals surface area contributed by atoms with E-state index in [1.54, 1.807) is 0 Å². The zero-order chi connectivity index (χ0) is 13.7. The van der Waals surface area contributed by atoms with E-state index in [1.165, 1.54) is 11.3 Å². The molecule has 0 N–H and O–H groups in total. The van der Waals surface area contributed by atoms with Crippen molar-refractivity contribution >= 4 is 49.1 Å². The van der Waals surface area contributed by atoms with Crippen LogP contribution in [0.4, 0.5) is 0 Å². The predicted molar refractivity (Wildman–Crippen MR) is 87.0 cm³/mol. The smallest absolute Gasteiger partial charge is 0.265 e. The van der Waals surface area contributed by atoms with Crippen LogP contribution in [-0.2, 0) is 6.54 Å². The Morgan fingerprint density at radius 1 is 1.21 bits per heavy atom. The first-order valence-corrected chi connectivity index (χ1v) is 8.64. The Bertz CT molecular complexity index is 541. The van der Waals surface area contributed by atoms with Crippen molar-refractivity contribution in [3.63, 3.8) is 0 Å². The van der Waals surface area contributed by atoms with E-state index >= 15 is 0 Å². The Labute approximate surface area is 133 Å². The summed E-state index contributed by atoms with van der Waals surface area (Å²) in [5.74, 6) is 0.0742. The molecule has 100 valence electrons. The molecule has 0 saturated carbocycles. The summed E-state index contributed by atoms with van der Waals surface area (Å²) in [5.41, 5.74) is 1.14. The number of alkyl halides is 1. The summed E-state index contributed by atoms with van der Waals surface area (Å²) >= 11 is 8.30. The molecule has 2 aromatic rings. The number of amides is 1. The average Bonchev–Trinajstić information content (AvgIpc) is 2.85. The summed E-state index contributed by atoms with van der Waals surface area (Å²) in [5, 5.41) is 2.70. The molecule has 0 saturated heterocycles. The molecule has 0 unspecified atom stereocenters. The van der Waals surface area contributed by atoms with Crippen LogP contribution >= 0.6 is 43.2 Å². The van der Waals surface area contributed by atoms with Crippen molar-refractivity contribution in [2.24, 2.45) is 0 Å². The van der Waals surface area contributed by atoms with Crippen LogP contribution in [0.1, 0.15) is 15.2 Å². The number of rotatable bonds is 5. The number of thiophene rings is 1. The van der Waals surface area contributed by atoms with Gasteiger partial charge in [0.1, 0.15) is 4.88 Å². The maximum absolute atomic E-state index is 12.5. The highest BCUT2D eigenvalue weighted by Crippen LogP contribution is 2.24. The van der Waals surface area contributed by atoms with E-state index in [9.17, 15) is 4.79 Å². The third kappa shape index (κ3) is 3.91. The molecule has 0 aliphatic rings. The topological polar surface area (TPSA) is 20.3 Å². The van der Waals surface area contributed by atoms with E-state index in [0.29, 0.717) is 13.1 Å². The zero-order valence-electron chi connectivity index (χ0n) is 10.2. The maximum atomic E-state index is 12.5. The normalized spacial score (nSPS) is 10.4. The lowest BCUT2D eigenvalue weighted by molar-refractivity contribution is 0.0759. The molecule has 0 bridgehead atoms. The maximum Gasteiger partial charge on any atom is 0.265 e. The van der Waals surface area contributed by atoms with Crippen molar-refractivity contribution in [3.8, 4) is 0 Å². The number of hydrogen-bond donors (Lipinski definition) is 0. The van der Waals surface area contributed by atoms with Crippen molar-refractivity contribution in [2.45, 2.75) is 6.54 Å². The zero-order valence-corrected chi connectivity index (χ0v) is 14.2. The molecule has 5 heteroatoms. The van der Waals surface area contributed by atoms with Crippen LogP contribution in [0.15, 0.2) is 46.3 Å². The minimum Gasteiger partial charge on any atom is -0.333 e. The molecule has 1 amide bonds. The van der Waals surface area contributed by atoms with E-state index in [-0.39, 0.29) is 5.91 Å². The van der Waals surface area contributed by atoms with Crippen LogP contribution in [0.5, 0.6) is 0 Å². The van der Waals surface area contributed by atoms with Crippen LogP contribution in [0.25, 0.3) is 0 Å². The number of halogens is 2. The SMILES string of the molecule is O=C(c1sccc1Br)N(CCBr)Cc1ccccc1. The lowest BCUT2D eigenvalue weighted by Crippen LogP contribution is -2.31. The molecular formula is C14H13Br2NOS. The highest BCUT2D eigenvalue weighted by molar-refractivity contribution is 9.10. The van der Waals surface area contributed by atoms with Gasteiger partial charge in [0.2, 0.25) is 0 Å². The molecule has 0 radical (unpaired) electrons. The van der Waals surface area contributed by atoms with E-state index in [2.05, 4.69) is 31.9 Å². The van der Waals surface area contributed by atoms with E-state index in [1.807, 2.05) is 46.7 Å². The lowest BCUT2D eigenvalue weighted by atomic mass is 10.2. The van der Waals surface area contributed by atoms with Gasteiger partial charge in [-0.2, -0.15) is 0 Å². The summed E-state index contributed by atoms with van der Waals surface area (Å²) in [6.07, 6.45) is 0. The van der Waals surface area contributed by atoms with Crippen molar-refractivity contribution in [2.75, 3.05) is 11.9 Å². The van der Waals surface area contributed by atoms with Gasteiger partial charge in [0.25, 0.3) is 5.91 Å². The van der Waals surface area contributed by atoms with E-state index < -0.39 is 0 Å². The molecule has 0 atom stereocenters. The average molecular weight is 403 g/mol. The number of carbonyl (C=O) groups is 1. The van der Waals surface area contributed by atoms with Gasteiger partial charge in [-0.15, -0.1) is 11.3 Å². The summed E-state index contributed by atoms with van der Waals surface area (Å²) in [4.78, 5) is 15.1. The van der Waals surface area contributed by atoms with Crippen LogP contribution in [-0.4, -0.2) is 22.7 Å². The van der Waals surface area contributed by atoms with Gasteiger partial charge in [0.05, 0.1) is 0 Å². The summed E-state index contributed by atoms with van der Waals surface area (Å²) < 4.78 is 0.870. The molecule has 19 heavy (non-hydrogen) atoms. The number of benzene rings is 1. The largest absolute Gasteiger partial charge is 0.333 e. The fourth-order valence-electron chi connectivity index (χ4n) is 1.75. The molecule has 0 aliphatic carbocycles. The quantitative estimate of drug-likeness (QED) is 0.672. The molecule has 1 aromatic heterocycles. The number of nitrogens with zero attached hydrogens (tertiary/aromatic N) is 1. The Balaban J connectivity index is 2.16. The molecular weight excluding hydrogens is 390 g/mol. The van der Waals surface area contributed by atoms with Crippen LogP contribution < -0.4 is 0 Å². The van der Waals surface area contributed by atoms with Crippen molar-refractivity contribution < 1.29 is 4.79 Å². The third-order valence-corrected chi connectivity index (χ3v) is 4.85. The first kappa shape index (κ1) is 14.8. The standard InChI is InChI=1S/C14H13Br2NOS/c15-7-8-17(10-11-4-2-1-3-5-11)14(18)13-12(16)6-9-19-13/h1-6,9H,7-8,10H2. The van der Waals surface area contributed by atoms with Gasteiger partial charge in [-0.05, 0) is 32.9 Å². The van der Waals surface area contributed by atoms with Gasteiger partial charge in [-0.25, -0.2) is 0 Å². The minimum atomic E-state index is 0.0742. The molecule has 1 aromatic carbocycles. The monoisotopic (exact) mass is 401 g/mol. The Hall–Kier alpha value is -0.650. The van der Waals surface area contributed by atoms with E-state index in [4.69, 9.17) is 0 Å². The van der Waals surface area contributed by atoms with Crippen LogP contribution in [0.3, 0.4) is 0 Å². The third-order valence-electron chi connectivity index (χ3n) is 2.67. The van der Waals surface area contributed by atoms with Crippen molar-refractivity contribution in [1.29, 1.82) is 0 Å². The van der Waals surface area contributed by atoms with Gasteiger partial charge >= 0.3 is 0 Å². The van der Waals surface area contributed by atoms with Crippen molar-refractivity contribution in [3.05, 3.63) is 56.7 Å². The number of hydrogen-bond acceptors (Lipinski definition) is 2. The minimum absolute atomic E-state index is 0.0742. The first-order chi connectivity index (χ1) is 9.22. The van der Waals surface area contributed by atoms with Gasteiger partial charge in [-0.1, -0.05) is 46.3 Å². The predicted octanol–water partition coefficient (Wildman–Crippen LogP) is 4.55. The Morgan fingerprint density at radius 2 is 1.95 bits per heavy atom. The fraction of sp³-hybridized carbons (Fsp3) is 0.214. The van der Waals surface area contributed by atoms with Gasteiger partial charge in [0.15, 0.2) is 0 Å². The number of carbonyl (C=O) groups excluding carboxylic acids is 1. The molecule has 0 fully saturated rings. The second-order valence-corrected chi connectivity index (χ2v) is 6.56. The Morgan fingerprint density at radius 3 is 2.53 bits per heavy atom. The van der Waals surface area contributed by atoms with Gasteiger partial charge < -0.3 is 4.90 Å². The molecule has 2 nitrogen and oxygen atoms in total.